The van der Waals surface area contributed by atoms with Crippen LogP contribution in [0.15, 0.2) is 33.9 Å². The van der Waals surface area contributed by atoms with E-state index in [9.17, 15) is 23.9 Å². The lowest BCUT2D eigenvalue weighted by Crippen LogP contribution is -2.30. The van der Waals surface area contributed by atoms with Crippen LogP contribution < -0.4 is 17.0 Å². The number of carbonyl (C=O) groups excluding carboxylic acids is 1. The van der Waals surface area contributed by atoms with Crippen molar-refractivity contribution >= 4 is 5.91 Å². The lowest BCUT2D eigenvalue weighted by molar-refractivity contribution is 0.100. The van der Waals surface area contributed by atoms with Crippen molar-refractivity contribution < 1.29 is 14.3 Å². The van der Waals surface area contributed by atoms with Crippen molar-refractivity contribution in [2.45, 2.75) is 0 Å². The number of benzene rings is 1. The maximum atomic E-state index is 13.2. The number of nitrogens with two attached hydrogens (primary N) is 1. The molecule has 0 saturated carbocycles. The van der Waals surface area contributed by atoms with Gasteiger partial charge in [0.05, 0.1) is 5.69 Å². The zero-order valence-electron chi connectivity index (χ0n) is 9.38. The van der Waals surface area contributed by atoms with Crippen LogP contribution in [0.25, 0.3) is 5.69 Å². The lowest BCUT2D eigenvalue weighted by atomic mass is 10.2. The Kier molecular flexibility index (Phi) is 2.91. The van der Waals surface area contributed by atoms with Gasteiger partial charge in [-0.25, -0.2) is 9.36 Å². The van der Waals surface area contributed by atoms with Crippen LogP contribution in [-0.4, -0.2) is 20.6 Å². The average molecular weight is 265 g/mol. The van der Waals surface area contributed by atoms with Crippen LogP contribution >= 0.6 is 0 Å². The summed E-state index contributed by atoms with van der Waals surface area (Å²) in [5.41, 5.74) is 2.98. The molecule has 0 atom stereocenters. The summed E-state index contributed by atoms with van der Waals surface area (Å²) in [6.45, 7) is 0. The van der Waals surface area contributed by atoms with E-state index in [-0.39, 0.29) is 11.3 Å². The number of nitrogens with one attached hydrogen (secondary N) is 1. The van der Waals surface area contributed by atoms with Crippen LogP contribution in [-0.2, 0) is 0 Å². The molecule has 0 aliphatic heterocycles. The minimum absolute atomic E-state index is 0.0719. The predicted octanol–water partition coefficient (Wildman–Crippen LogP) is -0.531. The first kappa shape index (κ1) is 12.6. The number of nitrogens with zero attached hydrogens (tertiary/aromatic N) is 1. The normalized spacial score (nSPS) is 10.4. The fraction of sp³-hybridized carbons (Fsp3) is 0. The van der Waals surface area contributed by atoms with Crippen molar-refractivity contribution in [3.05, 3.63) is 56.5 Å². The van der Waals surface area contributed by atoms with Gasteiger partial charge in [-0.2, -0.15) is 4.39 Å². The van der Waals surface area contributed by atoms with Gasteiger partial charge in [0.2, 0.25) is 17.6 Å². The number of H-pyrrole nitrogens is 1. The number of hydrogen-bond donors (Lipinski definition) is 3. The Hall–Kier alpha value is -2.90. The highest BCUT2D eigenvalue weighted by Gasteiger charge is 2.15. The van der Waals surface area contributed by atoms with Gasteiger partial charge in [0.25, 0.3) is 5.56 Å². The molecule has 0 saturated heterocycles. The summed E-state index contributed by atoms with van der Waals surface area (Å²) in [5.74, 6) is -3.25. The Morgan fingerprint density at radius 1 is 1.26 bits per heavy atom. The number of amides is 1. The standard InChI is InChI=1S/C11H8FN3O4/c12-7-9(17)14-11(19)15(10(7)18)6-3-1-5(2-4-6)8(13)16/h1-4,18H,(H2,13,16)(H,14,17,19). The molecule has 19 heavy (non-hydrogen) atoms. The van der Waals surface area contributed by atoms with Crippen LogP contribution in [0.4, 0.5) is 4.39 Å². The van der Waals surface area contributed by atoms with Crippen LogP contribution in [0.3, 0.4) is 0 Å². The molecule has 0 radical (unpaired) electrons. The second kappa shape index (κ2) is 4.41. The number of aromatic nitrogens is 2. The number of primary amides is 1. The lowest BCUT2D eigenvalue weighted by Gasteiger charge is -2.08. The van der Waals surface area contributed by atoms with Gasteiger partial charge in [0.15, 0.2) is 0 Å². The van der Waals surface area contributed by atoms with Crippen molar-refractivity contribution in [2.24, 2.45) is 5.73 Å². The molecule has 7 nitrogen and oxygen atoms in total. The maximum absolute atomic E-state index is 13.2. The Labute approximate surface area is 104 Å². The molecule has 0 aliphatic carbocycles. The molecule has 1 aromatic carbocycles. The molecular weight excluding hydrogens is 257 g/mol. The highest BCUT2D eigenvalue weighted by molar-refractivity contribution is 5.92. The van der Waals surface area contributed by atoms with Crippen LogP contribution in [0, 0.1) is 5.82 Å². The second-order valence-electron chi connectivity index (χ2n) is 3.64. The highest BCUT2D eigenvalue weighted by Crippen LogP contribution is 2.15. The third-order valence-electron chi connectivity index (χ3n) is 2.44. The molecular formula is C11H8FN3O4. The molecule has 8 heteroatoms. The SMILES string of the molecule is NC(=O)c1ccc(-n2c(O)c(F)c(=O)[nH]c2=O)cc1. The molecule has 0 bridgehead atoms. The third-order valence-corrected chi connectivity index (χ3v) is 2.44. The van der Waals surface area contributed by atoms with E-state index in [1.54, 1.807) is 4.98 Å². The zero-order chi connectivity index (χ0) is 14.2. The molecule has 0 spiro atoms. The Morgan fingerprint density at radius 3 is 2.37 bits per heavy atom. The Bertz CT molecular complexity index is 761. The van der Waals surface area contributed by atoms with Gasteiger partial charge in [0, 0.05) is 5.56 Å². The van der Waals surface area contributed by atoms with Gasteiger partial charge in [-0.05, 0) is 24.3 Å². The van der Waals surface area contributed by atoms with Gasteiger partial charge in [-0.3, -0.25) is 14.6 Å². The van der Waals surface area contributed by atoms with Gasteiger partial charge in [0.1, 0.15) is 0 Å². The van der Waals surface area contributed by atoms with Crippen LogP contribution in [0.5, 0.6) is 5.88 Å². The third kappa shape index (κ3) is 2.10. The summed E-state index contributed by atoms with van der Waals surface area (Å²) in [4.78, 5) is 35.0. The van der Waals surface area contributed by atoms with E-state index in [2.05, 4.69) is 0 Å². The summed E-state index contributed by atoms with van der Waals surface area (Å²) in [6.07, 6.45) is 0. The molecule has 1 aromatic heterocycles. The second-order valence-corrected chi connectivity index (χ2v) is 3.64. The zero-order valence-corrected chi connectivity index (χ0v) is 9.38. The molecule has 1 amide bonds. The monoisotopic (exact) mass is 265 g/mol. The smallest absolute Gasteiger partial charge is 0.335 e. The fourth-order valence-corrected chi connectivity index (χ4v) is 1.52. The first-order chi connectivity index (χ1) is 8.91. The number of hydrogen-bond acceptors (Lipinski definition) is 4. The summed E-state index contributed by atoms with van der Waals surface area (Å²) in [6, 6.07) is 5.15. The summed E-state index contributed by atoms with van der Waals surface area (Å²) in [5, 5.41) is 9.47. The molecule has 1 heterocycles. The fourth-order valence-electron chi connectivity index (χ4n) is 1.52. The van der Waals surface area contributed by atoms with Gasteiger partial charge >= 0.3 is 5.69 Å². The Morgan fingerprint density at radius 2 is 1.84 bits per heavy atom. The molecule has 98 valence electrons. The summed E-state index contributed by atoms with van der Waals surface area (Å²) in [7, 11) is 0. The van der Waals surface area contributed by atoms with Crippen molar-refractivity contribution in [3.63, 3.8) is 0 Å². The molecule has 0 aliphatic rings. The molecule has 4 N–H and O–H groups in total. The van der Waals surface area contributed by atoms with E-state index in [0.29, 0.717) is 4.57 Å². The molecule has 2 rings (SSSR count). The van der Waals surface area contributed by atoms with E-state index in [0.717, 1.165) is 0 Å². The first-order valence-electron chi connectivity index (χ1n) is 5.06. The average Bonchev–Trinajstić information content (AvgIpc) is 2.37. The Balaban J connectivity index is 2.66. The highest BCUT2D eigenvalue weighted by atomic mass is 19.1. The number of aromatic hydroxyl groups is 1. The van der Waals surface area contributed by atoms with Crippen molar-refractivity contribution in [3.8, 4) is 11.6 Å². The van der Waals surface area contributed by atoms with Gasteiger partial charge < -0.3 is 10.8 Å². The molecule has 2 aromatic rings. The molecule has 0 unspecified atom stereocenters. The van der Waals surface area contributed by atoms with E-state index in [1.165, 1.54) is 24.3 Å². The number of rotatable bonds is 2. The van der Waals surface area contributed by atoms with Gasteiger partial charge in [-0.1, -0.05) is 0 Å². The molecule has 0 fully saturated rings. The van der Waals surface area contributed by atoms with Gasteiger partial charge in [-0.15, -0.1) is 0 Å². The number of halogens is 1. The summed E-state index contributed by atoms with van der Waals surface area (Å²) < 4.78 is 13.8. The van der Waals surface area contributed by atoms with E-state index in [4.69, 9.17) is 5.73 Å². The summed E-state index contributed by atoms with van der Waals surface area (Å²) >= 11 is 0. The number of aromatic amines is 1. The van der Waals surface area contributed by atoms with Crippen molar-refractivity contribution in [2.75, 3.05) is 0 Å². The minimum atomic E-state index is -1.47. The van der Waals surface area contributed by atoms with E-state index in [1.807, 2.05) is 0 Å². The van der Waals surface area contributed by atoms with Crippen molar-refractivity contribution in [1.82, 2.24) is 9.55 Å². The van der Waals surface area contributed by atoms with Crippen LogP contribution in [0.1, 0.15) is 10.4 Å². The van der Waals surface area contributed by atoms with Crippen molar-refractivity contribution in [1.29, 1.82) is 0 Å². The maximum Gasteiger partial charge on any atom is 0.335 e. The van der Waals surface area contributed by atoms with Crippen LogP contribution in [0.2, 0.25) is 0 Å². The first-order valence-corrected chi connectivity index (χ1v) is 5.06. The van der Waals surface area contributed by atoms with E-state index < -0.39 is 28.9 Å². The van der Waals surface area contributed by atoms with E-state index >= 15 is 0 Å². The predicted molar refractivity (Wildman–Crippen MR) is 62.8 cm³/mol. The number of carbonyl (C=O) groups is 1. The largest absolute Gasteiger partial charge is 0.492 e. The quantitative estimate of drug-likeness (QED) is 0.676. The topological polar surface area (TPSA) is 118 Å². The minimum Gasteiger partial charge on any atom is -0.492 e.